The molecule has 1 heterocycles. The lowest BCUT2D eigenvalue weighted by Gasteiger charge is -2.31. The first-order valence-electron chi connectivity index (χ1n) is 8.42. The Kier molecular flexibility index (Phi) is 3.22. The molecule has 0 amide bonds. The number of alkyl halides is 2. The van der Waals surface area contributed by atoms with Crippen molar-refractivity contribution in [3.05, 3.63) is 102 Å². The maximum absolute atomic E-state index is 6.88. The summed E-state index contributed by atoms with van der Waals surface area (Å²) in [6.45, 7) is 0. The van der Waals surface area contributed by atoms with Gasteiger partial charge in [-0.05, 0) is 17.2 Å². The molecule has 5 rings (SSSR count). The van der Waals surface area contributed by atoms with Gasteiger partial charge in [-0.25, -0.2) is 0 Å². The molecule has 0 spiro atoms. The van der Waals surface area contributed by atoms with Crippen molar-refractivity contribution in [2.45, 2.75) is 15.9 Å². The van der Waals surface area contributed by atoms with Crippen LogP contribution in [-0.2, 0) is 5.60 Å². The van der Waals surface area contributed by atoms with Gasteiger partial charge in [0.15, 0.2) is 9.93 Å². The van der Waals surface area contributed by atoms with Crippen molar-refractivity contribution in [1.82, 2.24) is 0 Å². The summed E-state index contributed by atoms with van der Waals surface area (Å²) in [5.41, 5.74) is 2.67. The van der Waals surface area contributed by atoms with Gasteiger partial charge in [0, 0.05) is 11.5 Å². The third kappa shape index (κ3) is 1.97. The lowest BCUT2D eigenvalue weighted by atomic mass is 9.82. The Bertz CT molecular complexity index is 923. The number of hydrogen-bond donors (Lipinski definition) is 0. The van der Waals surface area contributed by atoms with Crippen molar-refractivity contribution in [2.75, 3.05) is 0 Å². The first-order chi connectivity index (χ1) is 12.2. The molecule has 0 saturated heterocycles. The molecule has 124 valence electrons. The highest BCUT2D eigenvalue weighted by Gasteiger charge is 2.83. The molecule has 3 aromatic carbocycles. The summed E-state index contributed by atoms with van der Waals surface area (Å²) in [4.78, 5) is 0. The number of rotatable bonds is 2. The number of fused-ring (bicyclic) bond motifs is 2. The average Bonchev–Trinajstić information content (AvgIpc) is 3.17. The van der Waals surface area contributed by atoms with Gasteiger partial charge in [-0.15, -0.1) is 0 Å². The zero-order valence-corrected chi connectivity index (χ0v) is 14.9. The van der Waals surface area contributed by atoms with Gasteiger partial charge in [-0.1, -0.05) is 102 Å². The molecular weight excluding hydrogens is 351 g/mol. The fourth-order valence-electron chi connectivity index (χ4n) is 4.31. The third-order valence-corrected chi connectivity index (χ3v) is 6.49. The number of benzene rings is 3. The standard InChI is InChI=1S/C22H16Cl2O/c23-22(24)20-19(15-9-3-1-4-10-15)17-13-7-8-14-18(17)25-21(20,22)16-11-5-2-6-12-16/h1-14,19-20H. The van der Waals surface area contributed by atoms with Gasteiger partial charge in [-0.3, -0.25) is 0 Å². The van der Waals surface area contributed by atoms with Crippen LogP contribution in [0.4, 0.5) is 0 Å². The lowest BCUT2D eigenvalue weighted by Crippen LogP contribution is -2.28. The number of hydrogen-bond acceptors (Lipinski definition) is 1. The third-order valence-electron chi connectivity index (χ3n) is 5.46. The monoisotopic (exact) mass is 366 g/mol. The highest BCUT2D eigenvalue weighted by atomic mass is 35.5. The van der Waals surface area contributed by atoms with Gasteiger partial charge >= 0.3 is 0 Å². The molecule has 0 bridgehead atoms. The molecule has 1 aliphatic carbocycles. The van der Waals surface area contributed by atoms with E-state index in [1.165, 1.54) is 5.56 Å². The van der Waals surface area contributed by atoms with Crippen molar-refractivity contribution in [1.29, 1.82) is 0 Å². The minimum atomic E-state index is -0.978. The summed E-state index contributed by atoms with van der Waals surface area (Å²) < 4.78 is 5.50. The molecule has 1 nitrogen and oxygen atoms in total. The summed E-state index contributed by atoms with van der Waals surface area (Å²) >= 11 is 13.8. The maximum atomic E-state index is 6.88. The number of ether oxygens (including phenoxy) is 1. The highest BCUT2D eigenvalue weighted by molar-refractivity contribution is 6.52. The van der Waals surface area contributed by atoms with E-state index in [9.17, 15) is 0 Å². The van der Waals surface area contributed by atoms with Crippen molar-refractivity contribution < 1.29 is 4.74 Å². The fourth-order valence-corrected chi connectivity index (χ4v) is 5.29. The van der Waals surface area contributed by atoms with E-state index in [0.29, 0.717) is 0 Å². The maximum Gasteiger partial charge on any atom is 0.174 e. The SMILES string of the molecule is ClC1(Cl)C2C(c3ccccc3)c3ccccc3OC21c1ccccc1. The van der Waals surface area contributed by atoms with E-state index in [1.54, 1.807) is 0 Å². The number of para-hydroxylation sites is 1. The van der Waals surface area contributed by atoms with Gasteiger partial charge in [-0.2, -0.15) is 0 Å². The van der Waals surface area contributed by atoms with Gasteiger partial charge in [0.2, 0.25) is 0 Å². The molecule has 2 aliphatic rings. The Morgan fingerprint density at radius 2 is 1.32 bits per heavy atom. The molecule has 0 N–H and O–H groups in total. The van der Waals surface area contributed by atoms with Crippen LogP contribution in [0.2, 0.25) is 0 Å². The van der Waals surface area contributed by atoms with E-state index < -0.39 is 9.93 Å². The van der Waals surface area contributed by atoms with Gasteiger partial charge in [0.25, 0.3) is 0 Å². The van der Waals surface area contributed by atoms with E-state index in [-0.39, 0.29) is 11.8 Å². The van der Waals surface area contributed by atoms with Gasteiger partial charge in [0.1, 0.15) is 5.75 Å². The normalized spacial score (nSPS) is 28.4. The molecule has 1 fully saturated rings. The molecule has 0 aromatic heterocycles. The predicted molar refractivity (Wildman–Crippen MR) is 101 cm³/mol. The van der Waals surface area contributed by atoms with Crippen LogP contribution in [-0.4, -0.2) is 4.33 Å². The summed E-state index contributed by atoms with van der Waals surface area (Å²) in [6, 6.07) is 28.7. The molecule has 3 unspecified atom stereocenters. The van der Waals surface area contributed by atoms with Crippen LogP contribution in [0.3, 0.4) is 0 Å². The largest absolute Gasteiger partial charge is 0.479 e. The first kappa shape index (κ1) is 15.3. The van der Waals surface area contributed by atoms with Crippen LogP contribution in [0.15, 0.2) is 84.9 Å². The summed E-state index contributed by atoms with van der Waals surface area (Å²) in [6.07, 6.45) is 0. The smallest absolute Gasteiger partial charge is 0.174 e. The van der Waals surface area contributed by atoms with Crippen molar-refractivity contribution in [2.24, 2.45) is 5.92 Å². The minimum Gasteiger partial charge on any atom is -0.479 e. The summed E-state index contributed by atoms with van der Waals surface area (Å²) in [5.74, 6) is 0.920. The fraction of sp³-hybridized carbons (Fsp3) is 0.182. The summed E-state index contributed by atoms with van der Waals surface area (Å²) in [7, 11) is 0. The molecular formula is C22H16Cl2O. The second-order valence-electron chi connectivity index (χ2n) is 6.73. The Balaban J connectivity index is 1.75. The minimum absolute atomic E-state index is 0.0389. The second-order valence-corrected chi connectivity index (χ2v) is 8.12. The van der Waals surface area contributed by atoms with E-state index in [2.05, 4.69) is 42.5 Å². The molecule has 3 aromatic rings. The second kappa shape index (κ2) is 5.27. The van der Waals surface area contributed by atoms with Crippen LogP contribution in [0, 0.1) is 5.92 Å². The molecule has 3 heteroatoms. The van der Waals surface area contributed by atoms with Crippen LogP contribution in [0.5, 0.6) is 5.75 Å². The predicted octanol–water partition coefficient (Wildman–Crippen LogP) is 5.91. The van der Waals surface area contributed by atoms with E-state index >= 15 is 0 Å². The topological polar surface area (TPSA) is 9.23 Å². The molecule has 3 atom stereocenters. The van der Waals surface area contributed by atoms with Crippen molar-refractivity contribution >= 4 is 23.2 Å². The Morgan fingerprint density at radius 3 is 2.04 bits per heavy atom. The zero-order valence-electron chi connectivity index (χ0n) is 13.4. The quantitative estimate of drug-likeness (QED) is 0.512. The Hall–Kier alpha value is -1.96. The van der Waals surface area contributed by atoms with E-state index in [4.69, 9.17) is 27.9 Å². The Morgan fingerprint density at radius 1 is 0.720 bits per heavy atom. The number of halogens is 2. The molecule has 1 saturated carbocycles. The zero-order chi connectivity index (χ0) is 17.1. The van der Waals surface area contributed by atoms with Crippen LogP contribution in [0.1, 0.15) is 22.6 Å². The Labute approximate surface area is 157 Å². The lowest BCUT2D eigenvalue weighted by molar-refractivity contribution is 0.137. The average molecular weight is 367 g/mol. The van der Waals surface area contributed by atoms with Crippen LogP contribution >= 0.6 is 23.2 Å². The highest BCUT2D eigenvalue weighted by Crippen LogP contribution is 2.77. The van der Waals surface area contributed by atoms with Crippen molar-refractivity contribution in [3.8, 4) is 5.75 Å². The molecule has 0 radical (unpaired) electrons. The summed E-state index contributed by atoms with van der Waals surface area (Å²) in [5, 5.41) is 0. The van der Waals surface area contributed by atoms with Gasteiger partial charge < -0.3 is 4.74 Å². The van der Waals surface area contributed by atoms with Crippen LogP contribution in [0.25, 0.3) is 0 Å². The van der Waals surface area contributed by atoms with Crippen molar-refractivity contribution in [3.63, 3.8) is 0 Å². The van der Waals surface area contributed by atoms with Gasteiger partial charge in [0.05, 0.1) is 5.92 Å². The molecule has 25 heavy (non-hydrogen) atoms. The van der Waals surface area contributed by atoms with E-state index in [0.717, 1.165) is 16.9 Å². The first-order valence-corrected chi connectivity index (χ1v) is 9.18. The molecule has 1 aliphatic heterocycles. The van der Waals surface area contributed by atoms with Crippen LogP contribution < -0.4 is 4.74 Å². The van der Waals surface area contributed by atoms with E-state index in [1.807, 2.05) is 42.5 Å².